The maximum atomic E-state index is 12.4. The lowest BCUT2D eigenvalue weighted by atomic mass is 10.0. The largest absolute Gasteiger partial charge is 0.289 e. The third-order valence-corrected chi connectivity index (χ3v) is 6.34. The second-order valence-corrected chi connectivity index (χ2v) is 8.98. The quantitative estimate of drug-likeness (QED) is 0.123. The van der Waals surface area contributed by atoms with Gasteiger partial charge in [-0.3, -0.25) is 4.79 Å². The zero-order chi connectivity index (χ0) is 21.4. The fourth-order valence-electron chi connectivity index (χ4n) is 3.64. The number of carbonyl (C=O) groups is 1. The zero-order valence-electron chi connectivity index (χ0n) is 18.9. The molecule has 0 bridgehead atoms. The van der Waals surface area contributed by atoms with Gasteiger partial charge in [0.25, 0.3) is 0 Å². The standard InChI is InChI=1S/C28H38OS/c1-3-4-5-6-7-8-9-10-11-12-13-24-14-19-26(20-15-24)28(29)23-18-25-16-21-27(30-2)22-17-25/h14-23H,3-13H2,1-2H3. The van der Waals surface area contributed by atoms with Crippen LogP contribution < -0.4 is 0 Å². The molecule has 0 saturated heterocycles. The van der Waals surface area contributed by atoms with E-state index in [1.165, 1.54) is 74.7 Å². The van der Waals surface area contributed by atoms with Crippen molar-refractivity contribution >= 4 is 23.6 Å². The van der Waals surface area contributed by atoms with Crippen LogP contribution in [0.25, 0.3) is 6.08 Å². The van der Waals surface area contributed by atoms with Crippen molar-refractivity contribution in [2.45, 2.75) is 82.4 Å². The van der Waals surface area contributed by atoms with Crippen molar-refractivity contribution in [2.24, 2.45) is 0 Å². The molecule has 0 radical (unpaired) electrons. The van der Waals surface area contributed by atoms with E-state index >= 15 is 0 Å². The number of rotatable bonds is 15. The summed E-state index contributed by atoms with van der Waals surface area (Å²) in [6, 6.07) is 16.4. The molecule has 0 spiro atoms. The van der Waals surface area contributed by atoms with Crippen LogP contribution in [0.15, 0.2) is 59.5 Å². The highest BCUT2D eigenvalue weighted by Gasteiger charge is 2.02. The van der Waals surface area contributed by atoms with Gasteiger partial charge < -0.3 is 0 Å². The van der Waals surface area contributed by atoms with Gasteiger partial charge in [0, 0.05) is 10.5 Å². The Balaban J connectivity index is 1.64. The molecule has 0 aliphatic carbocycles. The van der Waals surface area contributed by atoms with E-state index in [9.17, 15) is 4.79 Å². The van der Waals surface area contributed by atoms with Crippen LogP contribution in [0, 0.1) is 0 Å². The maximum Gasteiger partial charge on any atom is 0.185 e. The third-order valence-electron chi connectivity index (χ3n) is 5.60. The molecule has 162 valence electrons. The summed E-state index contributed by atoms with van der Waals surface area (Å²) < 4.78 is 0. The Hall–Kier alpha value is -1.80. The molecule has 0 aliphatic rings. The number of unbranched alkanes of at least 4 members (excludes halogenated alkanes) is 9. The molecule has 30 heavy (non-hydrogen) atoms. The van der Waals surface area contributed by atoms with Crippen molar-refractivity contribution < 1.29 is 4.79 Å². The summed E-state index contributed by atoms with van der Waals surface area (Å²) in [6.07, 6.45) is 20.4. The van der Waals surface area contributed by atoms with E-state index in [1.54, 1.807) is 17.8 Å². The predicted octanol–water partition coefficient (Wildman–Crippen LogP) is 8.77. The van der Waals surface area contributed by atoms with E-state index < -0.39 is 0 Å². The molecule has 2 heteroatoms. The fourth-order valence-corrected chi connectivity index (χ4v) is 4.04. The summed E-state index contributed by atoms with van der Waals surface area (Å²) in [4.78, 5) is 13.6. The van der Waals surface area contributed by atoms with E-state index in [4.69, 9.17) is 0 Å². The van der Waals surface area contributed by atoms with E-state index in [1.807, 2.05) is 30.3 Å². The van der Waals surface area contributed by atoms with Crippen LogP contribution in [0.1, 0.15) is 92.6 Å². The Kier molecular flexibility index (Phi) is 12.3. The summed E-state index contributed by atoms with van der Waals surface area (Å²) >= 11 is 1.72. The Morgan fingerprint density at radius 2 is 1.33 bits per heavy atom. The molecule has 0 fully saturated rings. The first-order valence-electron chi connectivity index (χ1n) is 11.7. The van der Waals surface area contributed by atoms with Crippen LogP contribution in [0.3, 0.4) is 0 Å². The van der Waals surface area contributed by atoms with Gasteiger partial charge in [0.05, 0.1) is 0 Å². The molecule has 0 unspecified atom stereocenters. The molecular formula is C28H38OS. The van der Waals surface area contributed by atoms with Gasteiger partial charge in [-0.25, -0.2) is 0 Å². The van der Waals surface area contributed by atoms with Crippen molar-refractivity contribution in [1.82, 2.24) is 0 Å². The number of aryl methyl sites for hydroxylation is 1. The number of hydrogen-bond donors (Lipinski definition) is 0. The second-order valence-electron chi connectivity index (χ2n) is 8.10. The molecule has 2 rings (SSSR count). The van der Waals surface area contributed by atoms with Crippen LogP contribution in [0.4, 0.5) is 0 Å². The van der Waals surface area contributed by atoms with Crippen LogP contribution in [-0.2, 0) is 6.42 Å². The van der Waals surface area contributed by atoms with Crippen molar-refractivity contribution in [2.75, 3.05) is 6.26 Å². The summed E-state index contributed by atoms with van der Waals surface area (Å²) in [5.74, 6) is 0.0643. The SMILES string of the molecule is CCCCCCCCCCCCc1ccc(C(=O)C=Cc2ccc(SC)cc2)cc1. The van der Waals surface area contributed by atoms with E-state index in [0.29, 0.717) is 0 Å². The van der Waals surface area contributed by atoms with Crippen LogP contribution in [0.5, 0.6) is 0 Å². The highest BCUT2D eigenvalue weighted by atomic mass is 32.2. The lowest BCUT2D eigenvalue weighted by Gasteiger charge is -2.04. The number of allylic oxidation sites excluding steroid dienone is 1. The summed E-state index contributed by atoms with van der Waals surface area (Å²) in [7, 11) is 0. The smallest absolute Gasteiger partial charge is 0.185 e. The first-order valence-corrected chi connectivity index (χ1v) is 12.9. The molecule has 2 aromatic carbocycles. The lowest BCUT2D eigenvalue weighted by molar-refractivity contribution is 0.104. The van der Waals surface area contributed by atoms with Crippen molar-refractivity contribution in [3.05, 3.63) is 71.3 Å². The minimum atomic E-state index is 0.0643. The fraction of sp³-hybridized carbons (Fsp3) is 0.464. The zero-order valence-corrected chi connectivity index (χ0v) is 19.7. The summed E-state index contributed by atoms with van der Waals surface area (Å²) in [5, 5.41) is 0. The number of benzene rings is 2. The molecule has 2 aromatic rings. The average molecular weight is 423 g/mol. The molecule has 0 amide bonds. The highest BCUT2D eigenvalue weighted by Crippen LogP contribution is 2.16. The first-order chi connectivity index (χ1) is 14.7. The molecule has 0 saturated carbocycles. The first kappa shape index (κ1) is 24.5. The lowest BCUT2D eigenvalue weighted by Crippen LogP contribution is -1.95. The number of thioether (sulfide) groups is 1. The molecule has 0 aliphatic heterocycles. The number of ketones is 1. The monoisotopic (exact) mass is 422 g/mol. The van der Waals surface area contributed by atoms with E-state index in [-0.39, 0.29) is 5.78 Å². The molecule has 0 N–H and O–H groups in total. The van der Waals surface area contributed by atoms with Crippen molar-refractivity contribution in [3.63, 3.8) is 0 Å². The molecule has 0 heterocycles. The molecule has 0 aromatic heterocycles. The van der Waals surface area contributed by atoms with Gasteiger partial charge in [-0.1, -0.05) is 107 Å². The molecular weight excluding hydrogens is 384 g/mol. The molecule has 0 atom stereocenters. The topological polar surface area (TPSA) is 17.1 Å². The summed E-state index contributed by atoms with van der Waals surface area (Å²) in [5.41, 5.74) is 3.15. The van der Waals surface area contributed by atoms with Crippen LogP contribution >= 0.6 is 11.8 Å². The molecule has 1 nitrogen and oxygen atoms in total. The average Bonchev–Trinajstić information content (AvgIpc) is 2.79. The Bertz CT molecular complexity index is 743. The van der Waals surface area contributed by atoms with Crippen LogP contribution in [0.2, 0.25) is 0 Å². The predicted molar refractivity (Wildman–Crippen MR) is 134 cm³/mol. The van der Waals surface area contributed by atoms with E-state index in [0.717, 1.165) is 17.5 Å². The maximum absolute atomic E-state index is 12.4. The van der Waals surface area contributed by atoms with Crippen molar-refractivity contribution in [3.8, 4) is 0 Å². The second kappa shape index (κ2) is 15.1. The minimum Gasteiger partial charge on any atom is -0.289 e. The van der Waals surface area contributed by atoms with Gasteiger partial charge in [-0.05, 0) is 48.4 Å². The number of carbonyl (C=O) groups excluding carboxylic acids is 1. The summed E-state index contributed by atoms with van der Waals surface area (Å²) in [6.45, 7) is 2.27. The number of hydrogen-bond acceptors (Lipinski definition) is 2. The van der Waals surface area contributed by atoms with Gasteiger partial charge in [0.2, 0.25) is 0 Å². The van der Waals surface area contributed by atoms with Gasteiger partial charge in [0.15, 0.2) is 5.78 Å². The Morgan fingerprint density at radius 3 is 1.90 bits per heavy atom. The van der Waals surface area contributed by atoms with Gasteiger partial charge in [-0.15, -0.1) is 11.8 Å². The minimum absolute atomic E-state index is 0.0643. The highest BCUT2D eigenvalue weighted by molar-refractivity contribution is 7.98. The van der Waals surface area contributed by atoms with Gasteiger partial charge in [-0.2, -0.15) is 0 Å². The Labute approximate surface area is 188 Å². The van der Waals surface area contributed by atoms with Crippen LogP contribution in [-0.4, -0.2) is 12.0 Å². The van der Waals surface area contributed by atoms with Crippen molar-refractivity contribution in [1.29, 1.82) is 0 Å². The normalized spacial score (nSPS) is 11.3. The van der Waals surface area contributed by atoms with E-state index in [2.05, 4.69) is 37.4 Å². The van der Waals surface area contributed by atoms with Gasteiger partial charge >= 0.3 is 0 Å². The third kappa shape index (κ3) is 9.80. The van der Waals surface area contributed by atoms with Gasteiger partial charge in [0.1, 0.15) is 0 Å². The Morgan fingerprint density at radius 1 is 0.767 bits per heavy atom.